The van der Waals surface area contributed by atoms with Gasteiger partial charge in [-0.2, -0.15) is 0 Å². The molecule has 0 bridgehead atoms. The molecule has 2 aromatic carbocycles. The molecule has 2 aromatic rings. The van der Waals surface area contributed by atoms with Crippen LogP contribution in [0.15, 0.2) is 60.7 Å². The highest BCUT2D eigenvalue weighted by atomic mass is 32.2. The summed E-state index contributed by atoms with van der Waals surface area (Å²) in [4.78, 5) is 24.9. The number of ether oxygens (including phenoxy) is 4. The van der Waals surface area contributed by atoms with Crippen LogP contribution in [0.25, 0.3) is 6.08 Å². The third-order valence-corrected chi connectivity index (χ3v) is 8.17. The van der Waals surface area contributed by atoms with Crippen LogP contribution in [-0.4, -0.2) is 50.2 Å². The standard InChI is InChI=1S/C27H32O8S/c1-26(2,25(29)33-17-23-18-34-27(3,4)35-23)36(30,31)19-22-13-9-8-12-21(22)14-15-24(28)32-16-20-10-6-5-7-11-20/h5-15,23H,16-19H2,1-4H3/b15-14+. The molecule has 0 aromatic heterocycles. The lowest BCUT2D eigenvalue weighted by Crippen LogP contribution is -2.43. The molecule has 0 aliphatic carbocycles. The molecule has 9 heteroatoms. The lowest BCUT2D eigenvalue weighted by molar-refractivity contribution is -0.159. The van der Waals surface area contributed by atoms with Gasteiger partial charge in [0.05, 0.1) is 12.4 Å². The highest BCUT2D eigenvalue weighted by Crippen LogP contribution is 2.27. The Morgan fingerprint density at radius 2 is 1.72 bits per heavy atom. The third kappa shape index (κ3) is 7.25. The maximum absolute atomic E-state index is 13.2. The smallest absolute Gasteiger partial charge is 0.331 e. The summed E-state index contributed by atoms with van der Waals surface area (Å²) in [6.45, 7) is 6.41. The molecule has 0 N–H and O–H groups in total. The van der Waals surface area contributed by atoms with Crippen LogP contribution in [0.4, 0.5) is 0 Å². The van der Waals surface area contributed by atoms with Gasteiger partial charge in [0, 0.05) is 6.08 Å². The van der Waals surface area contributed by atoms with Gasteiger partial charge >= 0.3 is 11.9 Å². The zero-order valence-electron chi connectivity index (χ0n) is 20.9. The van der Waals surface area contributed by atoms with E-state index in [9.17, 15) is 18.0 Å². The van der Waals surface area contributed by atoms with Crippen LogP contribution in [0, 0.1) is 0 Å². The van der Waals surface area contributed by atoms with Crippen LogP contribution >= 0.6 is 0 Å². The molecular formula is C27H32O8S. The quantitative estimate of drug-likeness (QED) is 0.347. The van der Waals surface area contributed by atoms with Crippen LogP contribution < -0.4 is 0 Å². The van der Waals surface area contributed by atoms with E-state index in [4.69, 9.17) is 18.9 Å². The van der Waals surface area contributed by atoms with E-state index in [1.165, 1.54) is 26.0 Å². The summed E-state index contributed by atoms with van der Waals surface area (Å²) in [6.07, 6.45) is 2.29. The van der Waals surface area contributed by atoms with Gasteiger partial charge in [-0.25, -0.2) is 13.2 Å². The Morgan fingerprint density at radius 1 is 1.06 bits per heavy atom. The van der Waals surface area contributed by atoms with Crippen molar-refractivity contribution in [1.82, 2.24) is 0 Å². The first-order valence-corrected chi connectivity index (χ1v) is 13.2. The van der Waals surface area contributed by atoms with Crippen molar-refractivity contribution >= 4 is 27.9 Å². The topological polar surface area (TPSA) is 105 Å². The maximum Gasteiger partial charge on any atom is 0.331 e. The highest BCUT2D eigenvalue weighted by molar-refractivity contribution is 7.92. The number of benzene rings is 2. The Hall–Kier alpha value is -3.01. The Labute approximate surface area is 212 Å². The number of carbonyl (C=O) groups is 2. The van der Waals surface area contributed by atoms with Crippen molar-refractivity contribution < 1.29 is 37.0 Å². The fraction of sp³-hybridized carbons (Fsp3) is 0.407. The zero-order valence-corrected chi connectivity index (χ0v) is 21.7. The van der Waals surface area contributed by atoms with Gasteiger partial charge in [-0.05, 0) is 50.5 Å². The number of hydrogen-bond acceptors (Lipinski definition) is 8. The maximum atomic E-state index is 13.2. The number of hydrogen-bond donors (Lipinski definition) is 0. The summed E-state index contributed by atoms with van der Waals surface area (Å²) in [5.74, 6) is -2.61. The SMILES string of the molecule is CC1(C)OCC(COC(=O)C(C)(C)S(=O)(=O)Cc2ccccc2/C=C/C(=O)OCc2ccccc2)O1. The van der Waals surface area contributed by atoms with Crippen LogP contribution in [0.1, 0.15) is 44.4 Å². The minimum Gasteiger partial charge on any atom is -0.462 e. The zero-order chi connectivity index (χ0) is 26.4. The summed E-state index contributed by atoms with van der Waals surface area (Å²) in [7, 11) is -3.98. The van der Waals surface area contributed by atoms with E-state index in [0.29, 0.717) is 11.1 Å². The van der Waals surface area contributed by atoms with Gasteiger partial charge in [0.15, 0.2) is 20.4 Å². The first-order chi connectivity index (χ1) is 16.9. The predicted molar refractivity (Wildman–Crippen MR) is 134 cm³/mol. The Morgan fingerprint density at radius 3 is 2.39 bits per heavy atom. The van der Waals surface area contributed by atoms with Crippen molar-refractivity contribution in [3.8, 4) is 0 Å². The first kappa shape index (κ1) is 27.6. The van der Waals surface area contributed by atoms with Gasteiger partial charge in [-0.1, -0.05) is 54.6 Å². The number of rotatable bonds is 10. The monoisotopic (exact) mass is 516 g/mol. The van der Waals surface area contributed by atoms with Gasteiger partial charge < -0.3 is 18.9 Å². The first-order valence-electron chi connectivity index (χ1n) is 11.6. The predicted octanol–water partition coefficient (Wildman–Crippen LogP) is 3.83. The molecule has 8 nitrogen and oxygen atoms in total. The molecule has 1 heterocycles. The van der Waals surface area contributed by atoms with Gasteiger partial charge in [0.25, 0.3) is 0 Å². The van der Waals surface area contributed by atoms with Crippen LogP contribution in [-0.2, 0) is 50.7 Å². The van der Waals surface area contributed by atoms with Gasteiger partial charge in [0.1, 0.15) is 19.3 Å². The molecule has 0 spiro atoms. The third-order valence-electron chi connectivity index (χ3n) is 5.76. The van der Waals surface area contributed by atoms with Gasteiger partial charge in [-0.15, -0.1) is 0 Å². The van der Waals surface area contributed by atoms with Crippen molar-refractivity contribution in [1.29, 1.82) is 0 Å². The second-order valence-corrected chi connectivity index (χ2v) is 12.0. The Bertz CT molecular complexity index is 1200. The van der Waals surface area contributed by atoms with Crippen molar-refractivity contribution in [3.05, 3.63) is 77.4 Å². The minimum absolute atomic E-state index is 0.106. The molecule has 0 amide bonds. The Kier molecular flexibility index (Phi) is 8.71. The molecule has 3 rings (SSSR count). The summed E-state index contributed by atoms with van der Waals surface area (Å²) in [6, 6.07) is 16.0. The molecule has 1 atom stereocenters. The van der Waals surface area contributed by atoms with Crippen molar-refractivity contribution in [2.24, 2.45) is 0 Å². The lowest BCUT2D eigenvalue weighted by atomic mass is 10.1. The molecule has 36 heavy (non-hydrogen) atoms. The minimum atomic E-state index is -3.98. The summed E-state index contributed by atoms with van der Waals surface area (Å²) in [5, 5.41) is 0. The largest absolute Gasteiger partial charge is 0.462 e. The average Bonchev–Trinajstić information content (AvgIpc) is 3.19. The second kappa shape index (κ2) is 11.4. The van der Waals surface area contributed by atoms with Crippen LogP contribution in [0.5, 0.6) is 0 Å². The van der Waals surface area contributed by atoms with Crippen molar-refractivity contribution in [2.75, 3.05) is 13.2 Å². The fourth-order valence-corrected chi connectivity index (χ4v) is 4.81. The van der Waals surface area contributed by atoms with Crippen LogP contribution in [0.3, 0.4) is 0 Å². The van der Waals surface area contributed by atoms with E-state index < -0.39 is 44.2 Å². The van der Waals surface area contributed by atoms with E-state index in [1.54, 1.807) is 38.1 Å². The van der Waals surface area contributed by atoms with Crippen molar-refractivity contribution in [3.63, 3.8) is 0 Å². The van der Waals surface area contributed by atoms with Gasteiger partial charge in [-0.3, -0.25) is 4.79 Å². The summed E-state index contributed by atoms with van der Waals surface area (Å²) >= 11 is 0. The lowest BCUT2D eigenvalue weighted by Gasteiger charge is -2.24. The molecule has 194 valence electrons. The Balaban J connectivity index is 1.63. The number of carbonyl (C=O) groups excluding carboxylic acids is 2. The molecule has 0 radical (unpaired) electrons. The number of esters is 2. The summed E-state index contributed by atoms with van der Waals surface area (Å²) < 4.78 is 46.2. The molecule has 1 fully saturated rings. The normalized spacial score (nSPS) is 17.7. The molecule has 1 saturated heterocycles. The van der Waals surface area contributed by atoms with E-state index in [-0.39, 0.29) is 19.8 Å². The molecule has 0 saturated carbocycles. The second-order valence-electron chi connectivity index (χ2n) is 9.44. The molecule has 1 aliphatic heterocycles. The molecule has 1 unspecified atom stereocenters. The van der Waals surface area contributed by atoms with E-state index in [1.807, 2.05) is 30.3 Å². The highest BCUT2D eigenvalue weighted by Gasteiger charge is 2.44. The molecule has 1 aliphatic rings. The van der Waals surface area contributed by atoms with Crippen LogP contribution in [0.2, 0.25) is 0 Å². The number of sulfone groups is 1. The van der Waals surface area contributed by atoms with E-state index in [0.717, 1.165) is 5.56 Å². The fourth-order valence-electron chi connectivity index (χ4n) is 3.46. The van der Waals surface area contributed by atoms with E-state index in [2.05, 4.69) is 0 Å². The van der Waals surface area contributed by atoms with E-state index >= 15 is 0 Å². The summed E-state index contributed by atoms with van der Waals surface area (Å²) in [5.41, 5.74) is 1.83. The van der Waals surface area contributed by atoms with Crippen molar-refractivity contribution in [2.45, 2.75) is 56.7 Å². The molecular weight excluding hydrogens is 484 g/mol. The van der Waals surface area contributed by atoms with Gasteiger partial charge in [0.2, 0.25) is 0 Å². The average molecular weight is 517 g/mol.